The third-order valence-electron chi connectivity index (χ3n) is 2.31. The Hall–Kier alpha value is -2.04. The van der Waals surface area contributed by atoms with Crippen LogP contribution in [0.5, 0.6) is 0 Å². The largest absolute Gasteiger partial charge is 0.310 e. The molecule has 0 amide bonds. The van der Waals surface area contributed by atoms with Gasteiger partial charge in [-0.05, 0) is 0 Å². The number of aromatic amines is 1. The predicted octanol–water partition coefficient (Wildman–Crippen LogP) is 1.52. The van der Waals surface area contributed by atoms with Crippen LogP contribution >= 0.6 is 0 Å². The van der Waals surface area contributed by atoms with Gasteiger partial charge in [-0.2, -0.15) is 0 Å². The second-order valence-corrected chi connectivity index (χ2v) is 4.86. The smallest absolute Gasteiger partial charge is 0.251 e. The summed E-state index contributed by atoms with van der Waals surface area (Å²) in [6, 6.07) is 1.45. The molecular formula is C12H14N4O. The summed E-state index contributed by atoms with van der Waals surface area (Å²) >= 11 is 0. The SMILES string of the molecule is CC(C)(C)c1nc(-c2cncnc2)cc(=O)[nH]1. The van der Waals surface area contributed by atoms with E-state index in [2.05, 4.69) is 19.9 Å². The topological polar surface area (TPSA) is 71.5 Å². The van der Waals surface area contributed by atoms with Crippen LogP contribution in [0.2, 0.25) is 0 Å². The van der Waals surface area contributed by atoms with Gasteiger partial charge in [-0.3, -0.25) is 4.79 Å². The van der Waals surface area contributed by atoms with Gasteiger partial charge in [0, 0.05) is 29.4 Å². The third kappa shape index (κ3) is 2.55. The van der Waals surface area contributed by atoms with Crippen molar-refractivity contribution >= 4 is 0 Å². The lowest BCUT2D eigenvalue weighted by atomic mass is 9.95. The first-order valence-corrected chi connectivity index (χ1v) is 5.34. The average molecular weight is 230 g/mol. The van der Waals surface area contributed by atoms with Crippen molar-refractivity contribution in [1.82, 2.24) is 19.9 Å². The molecule has 0 unspecified atom stereocenters. The molecule has 2 heterocycles. The van der Waals surface area contributed by atoms with Crippen LogP contribution < -0.4 is 5.56 Å². The molecule has 0 atom stereocenters. The number of H-pyrrole nitrogens is 1. The number of aromatic nitrogens is 4. The summed E-state index contributed by atoms with van der Waals surface area (Å²) in [6.45, 7) is 5.99. The van der Waals surface area contributed by atoms with Crippen molar-refractivity contribution in [3.63, 3.8) is 0 Å². The molecule has 0 aromatic carbocycles. The van der Waals surface area contributed by atoms with Gasteiger partial charge < -0.3 is 4.98 Å². The molecule has 2 rings (SSSR count). The van der Waals surface area contributed by atoms with Gasteiger partial charge in [0.15, 0.2) is 0 Å². The Kier molecular flexibility index (Phi) is 2.75. The normalized spacial score (nSPS) is 11.5. The van der Waals surface area contributed by atoms with Gasteiger partial charge >= 0.3 is 0 Å². The molecule has 0 saturated heterocycles. The highest BCUT2D eigenvalue weighted by atomic mass is 16.1. The minimum absolute atomic E-state index is 0.163. The average Bonchev–Trinajstić information content (AvgIpc) is 2.28. The van der Waals surface area contributed by atoms with E-state index in [0.29, 0.717) is 11.5 Å². The van der Waals surface area contributed by atoms with Crippen molar-refractivity contribution in [2.24, 2.45) is 0 Å². The van der Waals surface area contributed by atoms with E-state index in [9.17, 15) is 4.79 Å². The number of nitrogens with zero attached hydrogens (tertiary/aromatic N) is 3. The van der Waals surface area contributed by atoms with E-state index in [0.717, 1.165) is 5.56 Å². The van der Waals surface area contributed by atoms with Gasteiger partial charge in [0.1, 0.15) is 12.2 Å². The Morgan fingerprint density at radius 1 is 1.18 bits per heavy atom. The molecular weight excluding hydrogens is 216 g/mol. The second kappa shape index (κ2) is 4.08. The molecule has 0 spiro atoms. The fraction of sp³-hybridized carbons (Fsp3) is 0.333. The van der Waals surface area contributed by atoms with Crippen LogP contribution in [-0.4, -0.2) is 19.9 Å². The monoisotopic (exact) mass is 230 g/mol. The molecule has 5 nitrogen and oxygen atoms in total. The van der Waals surface area contributed by atoms with Crippen LogP contribution in [0.3, 0.4) is 0 Å². The van der Waals surface area contributed by atoms with E-state index < -0.39 is 0 Å². The Morgan fingerprint density at radius 3 is 2.41 bits per heavy atom. The Labute approximate surface area is 99.0 Å². The fourth-order valence-electron chi connectivity index (χ4n) is 1.39. The van der Waals surface area contributed by atoms with Crippen molar-refractivity contribution in [3.8, 4) is 11.3 Å². The van der Waals surface area contributed by atoms with Crippen molar-refractivity contribution in [2.75, 3.05) is 0 Å². The zero-order valence-electron chi connectivity index (χ0n) is 10.1. The van der Waals surface area contributed by atoms with E-state index in [-0.39, 0.29) is 11.0 Å². The van der Waals surface area contributed by atoms with E-state index in [1.54, 1.807) is 12.4 Å². The summed E-state index contributed by atoms with van der Waals surface area (Å²) in [5.74, 6) is 0.656. The predicted molar refractivity (Wildman–Crippen MR) is 64.6 cm³/mol. The minimum Gasteiger partial charge on any atom is -0.310 e. The molecule has 0 saturated carbocycles. The Bertz CT molecular complexity index is 569. The first kappa shape index (κ1) is 11.4. The lowest BCUT2D eigenvalue weighted by molar-refractivity contribution is 0.543. The maximum atomic E-state index is 11.6. The minimum atomic E-state index is -0.204. The Balaban J connectivity index is 2.58. The summed E-state index contributed by atoms with van der Waals surface area (Å²) in [6.07, 6.45) is 4.73. The molecule has 2 aromatic rings. The number of nitrogens with one attached hydrogen (secondary N) is 1. The lowest BCUT2D eigenvalue weighted by Gasteiger charge is -2.17. The molecule has 88 valence electrons. The van der Waals surface area contributed by atoms with Gasteiger partial charge in [-0.25, -0.2) is 15.0 Å². The van der Waals surface area contributed by atoms with Gasteiger partial charge in [-0.1, -0.05) is 20.8 Å². The quantitative estimate of drug-likeness (QED) is 0.806. The molecule has 5 heteroatoms. The molecule has 0 fully saturated rings. The van der Waals surface area contributed by atoms with Crippen molar-refractivity contribution < 1.29 is 0 Å². The fourth-order valence-corrected chi connectivity index (χ4v) is 1.39. The summed E-state index contributed by atoms with van der Waals surface area (Å²) in [7, 11) is 0. The maximum absolute atomic E-state index is 11.6. The van der Waals surface area contributed by atoms with Crippen LogP contribution in [0.25, 0.3) is 11.3 Å². The first-order chi connectivity index (χ1) is 7.97. The van der Waals surface area contributed by atoms with Gasteiger partial charge in [0.25, 0.3) is 5.56 Å². The summed E-state index contributed by atoms with van der Waals surface area (Å²) < 4.78 is 0. The summed E-state index contributed by atoms with van der Waals surface area (Å²) in [5, 5.41) is 0. The molecule has 0 radical (unpaired) electrons. The maximum Gasteiger partial charge on any atom is 0.251 e. The van der Waals surface area contributed by atoms with Crippen LogP contribution in [0.15, 0.2) is 29.6 Å². The highest BCUT2D eigenvalue weighted by molar-refractivity contribution is 5.55. The standard InChI is InChI=1S/C12H14N4O/c1-12(2,3)11-15-9(4-10(17)16-11)8-5-13-7-14-6-8/h4-7H,1-3H3,(H,15,16,17). The van der Waals surface area contributed by atoms with Gasteiger partial charge in [0.05, 0.1) is 5.69 Å². The van der Waals surface area contributed by atoms with Crippen molar-refractivity contribution in [2.45, 2.75) is 26.2 Å². The molecule has 0 bridgehead atoms. The van der Waals surface area contributed by atoms with Gasteiger partial charge in [-0.15, -0.1) is 0 Å². The van der Waals surface area contributed by atoms with Crippen molar-refractivity contribution in [3.05, 3.63) is 41.0 Å². The van der Waals surface area contributed by atoms with E-state index in [1.165, 1.54) is 12.4 Å². The molecule has 0 aliphatic heterocycles. The first-order valence-electron chi connectivity index (χ1n) is 5.34. The Morgan fingerprint density at radius 2 is 1.82 bits per heavy atom. The highest BCUT2D eigenvalue weighted by Crippen LogP contribution is 2.19. The molecule has 2 aromatic heterocycles. The molecule has 1 N–H and O–H groups in total. The summed E-state index contributed by atoms with van der Waals surface area (Å²) in [4.78, 5) is 26.6. The van der Waals surface area contributed by atoms with Crippen LogP contribution in [-0.2, 0) is 5.41 Å². The zero-order chi connectivity index (χ0) is 12.5. The second-order valence-electron chi connectivity index (χ2n) is 4.86. The van der Waals surface area contributed by atoms with E-state index >= 15 is 0 Å². The van der Waals surface area contributed by atoms with Crippen LogP contribution in [0.1, 0.15) is 26.6 Å². The zero-order valence-corrected chi connectivity index (χ0v) is 10.1. The van der Waals surface area contributed by atoms with E-state index in [4.69, 9.17) is 0 Å². The molecule has 17 heavy (non-hydrogen) atoms. The van der Waals surface area contributed by atoms with Gasteiger partial charge in [0.2, 0.25) is 0 Å². The molecule has 0 aliphatic carbocycles. The lowest BCUT2D eigenvalue weighted by Crippen LogP contribution is -2.21. The van der Waals surface area contributed by atoms with Crippen LogP contribution in [0.4, 0.5) is 0 Å². The number of hydrogen-bond donors (Lipinski definition) is 1. The van der Waals surface area contributed by atoms with Crippen LogP contribution in [0, 0.1) is 0 Å². The third-order valence-corrected chi connectivity index (χ3v) is 2.31. The number of hydrogen-bond acceptors (Lipinski definition) is 4. The highest BCUT2D eigenvalue weighted by Gasteiger charge is 2.17. The van der Waals surface area contributed by atoms with E-state index in [1.807, 2.05) is 20.8 Å². The van der Waals surface area contributed by atoms with Crippen molar-refractivity contribution in [1.29, 1.82) is 0 Å². The molecule has 0 aliphatic rings. The number of rotatable bonds is 1. The summed E-state index contributed by atoms with van der Waals surface area (Å²) in [5.41, 5.74) is 0.970.